The number of carbonyl (C=O) groups is 1. The minimum atomic E-state index is -0.571. The van der Waals surface area contributed by atoms with Gasteiger partial charge in [-0.2, -0.15) is 0 Å². The molecule has 1 fully saturated rings. The van der Waals surface area contributed by atoms with Crippen LogP contribution in [0.4, 0.5) is 14.5 Å². The van der Waals surface area contributed by atoms with Crippen LogP contribution in [0.1, 0.15) is 22.3 Å². The van der Waals surface area contributed by atoms with Gasteiger partial charge in [0.2, 0.25) is 0 Å². The molecule has 2 heterocycles. The lowest BCUT2D eigenvalue weighted by molar-refractivity contribution is 0.0795. The maximum atomic E-state index is 13.4. The fourth-order valence-electron chi connectivity index (χ4n) is 3.62. The number of hydrogen-bond donors (Lipinski definition) is 1. The number of nitrogens with zero attached hydrogens (tertiary/aromatic N) is 2. The van der Waals surface area contributed by atoms with Crippen LogP contribution in [0.15, 0.2) is 54.4 Å². The van der Waals surface area contributed by atoms with E-state index in [9.17, 15) is 13.6 Å². The van der Waals surface area contributed by atoms with Gasteiger partial charge >= 0.3 is 0 Å². The molecule has 2 aromatic rings. The standard InChI is InChI=1S/C20H19F2N3O/c1-23-17-4-2-14(3-5-17)20(26)25-12-18-9-19(25)11-24(18)10-13-6-15(21)8-16(22)7-13/h2-8,11,18,23H,9-10,12H2,1H3. The molecule has 1 saturated heterocycles. The van der Waals surface area contributed by atoms with Gasteiger partial charge in [-0.3, -0.25) is 4.79 Å². The van der Waals surface area contributed by atoms with Gasteiger partial charge < -0.3 is 15.1 Å². The molecule has 26 heavy (non-hydrogen) atoms. The number of rotatable bonds is 4. The highest BCUT2D eigenvalue weighted by atomic mass is 19.1. The van der Waals surface area contributed by atoms with E-state index in [1.807, 2.05) is 37.5 Å². The van der Waals surface area contributed by atoms with E-state index in [4.69, 9.17) is 0 Å². The van der Waals surface area contributed by atoms with Gasteiger partial charge in [0.05, 0.1) is 6.04 Å². The van der Waals surface area contributed by atoms with Gasteiger partial charge in [-0.25, -0.2) is 8.78 Å². The van der Waals surface area contributed by atoms with Crippen LogP contribution in [0.25, 0.3) is 0 Å². The van der Waals surface area contributed by atoms with Gasteiger partial charge in [-0.05, 0) is 42.0 Å². The summed E-state index contributed by atoms with van der Waals surface area (Å²) in [6.07, 6.45) is 2.70. The lowest BCUT2D eigenvalue weighted by atomic mass is 10.1. The summed E-state index contributed by atoms with van der Waals surface area (Å²) in [5.41, 5.74) is 3.15. The van der Waals surface area contributed by atoms with Gasteiger partial charge in [-0.1, -0.05) is 0 Å². The summed E-state index contributed by atoms with van der Waals surface area (Å²) in [7, 11) is 1.83. The van der Waals surface area contributed by atoms with E-state index >= 15 is 0 Å². The van der Waals surface area contributed by atoms with Gasteiger partial charge in [0, 0.05) is 55.8 Å². The summed E-state index contributed by atoms with van der Waals surface area (Å²) in [6.45, 7) is 1.03. The minimum Gasteiger partial charge on any atom is -0.388 e. The van der Waals surface area contributed by atoms with Crippen molar-refractivity contribution in [2.75, 3.05) is 18.9 Å². The zero-order valence-corrected chi connectivity index (χ0v) is 14.4. The largest absolute Gasteiger partial charge is 0.388 e. The molecule has 4 nitrogen and oxygen atoms in total. The number of hydrogen-bond acceptors (Lipinski definition) is 3. The van der Waals surface area contributed by atoms with Crippen LogP contribution in [0.3, 0.4) is 0 Å². The Balaban J connectivity index is 1.48. The zero-order valence-electron chi connectivity index (χ0n) is 14.4. The monoisotopic (exact) mass is 355 g/mol. The zero-order chi connectivity index (χ0) is 18.3. The molecule has 0 aromatic heterocycles. The van der Waals surface area contributed by atoms with Crippen molar-refractivity contribution < 1.29 is 13.6 Å². The molecule has 1 amide bonds. The highest BCUT2D eigenvalue weighted by molar-refractivity contribution is 5.96. The normalized spacial score (nSPS) is 18.3. The molecule has 2 aliphatic rings. The van der Waals surface area contributed by atoms with Crippen LogP contribution in [0.5, 0.6) is 0 Å². The molecule has 6 heteroatoms. The number of anilines is 1. The molecular formula is C20H19F2N3O. The Morgan fingerprint density at radius 2 is 1.85 bits per heavy atom. The Morgan fingerprint density at radius 1 is 1.15 bits per heavy atom. The third-order valence-corrected chi connectivity index (χ3v) is 4.92. The third-order valence-electron chi connectivity index (χ3n) is 4.92. The lowest BCUT2D eigenvalue weighted by Gasteiger charge is -2.30. The SMILES string of the molecule is CNc1ccc(C(=O)N2CC3CC2=CN3Cc2cc(F)cc(F)c2)cc1. The van der Waals surface area contributed by atoms with Gasteiger partial charge in [0.25, 0.3) is 5.91 Å². The smallest absolute Gasteiger partial charge is 0.258 e. The molecule has 134 valence electrons. The number of amides is 1. The van der Waals surface area contributed by atoms with Crippen LogP contribution < -0.4 is 5.32 Å². The van der Waals surface area contributed by atoms with Crippen molar-refractivity contribution >= 4 is 11.6 Å². The van der Waals surface area contributed by atoms with E-state index in [1.54, 1.807) is 4.90 Å². The molecule has 1 unspecified atom stereocenters. The fourth-order valence-corrected chi connectivity index (χ4v) is 3.62. The van der Waals surface area contributed by atoms with E-state index in [0.29, 0.717) is 24.2 Å². The first kappa shape index (κ1) is 16.6. The highest BCUT2D eigenvalue weighted by Gasteiger charge is 2.39. The number of halogens is 2. The van der Waals surface area contributed by atoms with E-state index in [0.717, 1.165) is 23.9 Å². The molecule has 2 aliphatic heterocycles. The number of nitrogens with one attached hydrogen (secondary N) is 1. The van der Waals surface area contributed by atoms with E-state index in [2.05, 4.69) is 10.2 Å². The van der Waals surface area contributed by atoms with E-state index in [1.165, 1.54) is 12.1 Å². The molecule has 0 aliphatic carbocycles. The van der Waals surface area contributed by atoms with Crippen molar-refractivity contribution in [1.82, 2.24) is 9.80 Å². The Kier molecular flexibility index (Phi) is 4.11. The van der Waals surface area contributed by atoms with Gasteiger partial charge in [-0.15, -0.1) is 0 Å². The average molecular weight is 355 g/mol. The molecule has 2 aromatic carbocycles. The molecule has 1 atom stereocenters. The predicted molar refractivity (Wildman–Crippen MR) is 95.4 cm³/mol. The summed E-state index contributed by atoms with van der Waals surface area (Å²) in [5, 5.41) is 3.03. The first-order chi connectivity index (χ1) is 12.5. The molecular weight excluding hydrogens is 336 g/mol. The molecule has 2 bridgehead atoms. The lowest BCUT2D eigenvalue weighted by Crippen LogP contribution is -2.38. The first-order valence-corrected chi connectivity index (χ1v) is 8.54. The van der Waals surface area contributed by atoms with Crippen LogP contribution in [0.2, 0.25) is 0 Å². The molecule has 0 spiro atoms. The van der Waals surface area contributed by atoms with Crippen molar-refractivity contribution in [2.24, 2.45) is 0 Å². The minimum absolute atomic E-state index is 0.0159. The summed E-state index contributed by atoms with van der Waals surface area (Å²) < 4.78 is 26.7. The molecule has 4 rings (SSSR count). The second-order valence-electron chi connectivity index (χ2n) is 6.67. The maximum Gasteiger partial charge on any atom is 0.258 e. The van der Waals surface area contributed by atoms with Crippen LogP contribution in [-0.4, -0.2) is 35.3 Å². The van der Waals surface area contributed by atoms with Crippen LogP contribution in [-0.2, 0) is 6.54 Å². The Labute approximate surface area is 150 Å². The molecule has 0 radical (unpaired) electrons. The summed E-state index contributed by atoms with van der Waals surface area (Å²) >= 11 is 0. The third kappa shape index (κ3) is 3.03. The number of fused-ring (bicyclic) bond motifs is 2. The van der Waals surface area contributed by atoms with Crippen LogP contribution in [0, 0.1) is 11.6 Å². The summed E-state index contributed by atoms with van der Waals surface area (Å²) in [4.78, 5) is 16.6. The second kappa shape index (κ2) is 6.44. The highest BCUT2D eigenvalue weighted by Crippen LogP contribution is 2.35. The number of carbonyl (C=O) groups excluding carboxylic acids is 1. The maximum absolute atomic E-state index is 13.4. The fraction of sp³-hybridized carbons (Fsp3) is 0.250. The predicted octanol–water partition coefficient (Wildman–Crippen LogP) is 3.58. The Bertz CT molecular complexity index is 859. The van der Waals surface area contributed by atoms with Crippen molar-refractivity contribution in [2.45, 2.75) is 19.0 Å². The number of benzene rings is 2. The second-order valence-corrected chi connectivity index (χ2v) is 6.67. The topological polar surface area (TPSA) is 35.6 Å². The summed E-state index contributed by atoms with van der Waals surface area (Å²) in [6, 6.07) is 11.1. The van der Waals surface area contributed by atoms with Crippen molar-refractivity contribution in [1.29, 1.82) is 0 Å². The van der Waals surface area contributed by atoms with Crippen LogP contribution >= 0.6 is 0 Å². The molecule has 1 N–H and O–H groups in total. The number of likely N-dealkylation sites (tertiary alicyclic amines) is 1. The van der Waals surface area contributed by atoms with Gasteiger partial charge in [0.15, 0.2) is 0 Å². The Morgan fingerprint density at radius 3 is 2.42 bits per heavy atom. The van der Waals surface area contributed by atoms with Crippen molar-refractivity contribution in [3.05, 3.63) is 77.1 Å². The van der Waals surface area contributed by atoms with Gasteiger partial charge in [0.1, 0.15) is 11.6 Å². The van der Waals surface area contributed by atoms with E-state index < -0.39 is 11.6 Å². The van der Waals surface area contributed by atoms with Crippen molar-refractivity contribution in [3.8, 4) is 0 Å². The Hall–Kier alpha value is -2.89. The molecule has 0 saturated carbocycles. The summed E-state index contributed by atoms with van der Waals surface area (Å²) in [5.74, 6) is -1.16. The average Bonchev–Trinajstić information content (AvgIpc) is 3.20. The van der Waals surface area contributed by atoms with Crippen molar-refractivity contribution in [3.63, 3.8) is 0 Å². The quantitative estimate of drug-likeness (QED) is 0.911. The van der Waals surface area contributed by atoms with E-state index in [-0.39, 0.29) is 11.9 Å². The first-order valence-electron chi connectivity index (χ1n) is 8.54.